The maximum Gasteiger partial charge on any atom is 0.258 e. The van der Waals surface area contributed by atoms with Gasteiger partial charge in [-0.15, -0.1) is 0 Å². The minimum absolute atomic E-state index is 0.252. The van der Waals surface area contributed by atoms with Crippen LogP contribution in [0.15, 0.2) is 12.7 Å². The van der Waals surface area contributed by atoms with Crippen LogP contribution in [-0.4, -0.2) is 42.8 Å². The molecular weight excluding hydrogens is 234 g/mol. The van der Waals surface area contributed by atoms with Crippen LogP contribution >= 0.6 is 0 Å². The van der Waals surface area contributed by atoms with Gasteiger partial charge in [0.25, 0.3) is 5.95 Å². The lowest BCUT2D eigenvalue weighted by molar-refractivity contribution is 0.712. The van der Waals surface area contributed by atoms with E-state index < -0.39 is 0 Å². The molecule has 2 heterocycles. The summed E-state index contributed by atoms with van der Waals surface area (Å²) < 4.78 is 1.44. The molecule has 0 unspecified atom stereocenters. The number of nitrogens with zero attached hydrogens (tertiary/aromatic N) is 7. The Bertz CT molecular complexity index is 507. The van der Waals surface area contributed by atoms with E-state index in [0.29, 0.717) is 11.9 Å². The van der Waals surface area contributed by atoms with Crippen molar-refractivity contribution < 1.29 is 0 Å². The Morgan fingerprint density at radius 3 is 2.67 bits per heavy atom. The van der Waals surface area contributed by atoms with Crippen molar-refractivity contribution in [2.24, 2.45) is 5.84 Å². The first kappa shape index (κ1) is 12.2. The van der Waals surface area contributed by atoms with E-state index in [1.54, 1.807) is 0 Å². The third kappa shape index (κ3) is 2.35. The smallest absolute Gasteiger partial charge is 0.258 e. The number of hydrogen-bond acceptors (Lipinski definition) is 8. The largest absolute Gasteiger partial charge is 0.341 e. The van der Waals surface area contributed by atoms with Gasteiger partial charge in [0.05, 0.1) is 0 Å². The second-order valence-corrected chi connectivity index (χ2v) is 3.95. The number of anilines is 2. The SMILES string of the molecule is CC(C)N(C)c1nc(NN)nc(-n2cncn2)n1. The maximum atomic E-state index is 5.35. The molecule has 0 fully saturated rings. The summed E-state index contributed by atoms with van der Waals surface area (Å²) >= 11 is 0. The molecule has 0 aliphatic heterocycles. The van der Waals surface area contributed by atoms with Gasteiger partial charge < -0.3 is 4.90 Å². The first-order valence-corrected chi connectivity index (χ1v) is 5.42. The molecule has 96 valence electrons. The molecule has 0 spiro atoms. The first-order chi connectivity index (χ1) is 8.61. The van der Waals surface area contributed by atoms with Crippen molar-refractivity contribution >= 4 is 11.9 Å². The molecule has 0 aliphatic carbocycles. The zero-order valence-corrected chi connectivity index (χ0v) is 10.4. The molecular formula is C9H15N9. The van der Waals surface area contributed by atoms with Gasteiger partial charge in [-0.1, -0.05) is 0 Å². The van der Waals surface area contributed by atoms with Crippen LogP contribution < -0.4 is 16.2 Å². The highest BCUT2D eigenvalue weighted by molar-refractivity contribution is 5.39. The van der Waals surface area contributed by atoms with E-state index in [2.05, 4.69) is 30.5 Å². The lowest BCUT2D eigenvalue weighted by atomic mass is 10.4. The predicted molar refractivity (Wildman–Crippen MR) is 66.1 cm³/mol. The van der Waals surface area contributed by atoms with Crippen molar-refractivity contribution in [2.75, 3.05) is 17.4 Å². The number of hydrogen-bond donors (Lipinski definition) is 2. The van der Waals surface area contributed by atoms with E-state index in [4.69, 9.17) is 5.84 Å². The standard InChI is InChI=1S/C9H15N9/c1-6(2)17(3)8-13-7(16-10)14-9(15-8)18-5-11-4-12-18/h4-6H,10H2,1-3H3,(H,13,14,15,16). The monoisotopic (exact) mass is 249 g/mol. The summed E-state index contributed by atoms with van der Waals surface area (Å²) in [7, 11) is 1.89. The molecule has 0 aromatic carbocycles. The molecule has 9 nitrogen and oxygen atoms in total. The number of hydrazine groups is 1. The zero-order chi connectivity index (χ0) is 13.1. The van der Waals surface area contributed by atoms with Crippen molar-refractivity contribution in [3.05, 3.63) is 12.7 Å². The van der Waals surface area contributed by atoms with Gasteiger partial charge in [-0.3, -0.25) is 5.43 Å². The molecule has 0 aliphatic rings. The van der Waals surface area contributed by atoms with Gasteiger partial charge in [0.2, 0.25) is 11.9 Å². The Morgan fingerprint density at radius 1 is 1.33 bits per heavy atom. The average molecular weight is 249 g/mol. The highest BCUT2D eigenvalue weighted by Gasteiger charge is 2.13. The molecule has 3 N–H and O–H groups in total. The molecule has 9 heteroatoms. The average Bonchev–Trinajstić information content (AvgIpc) is 2.91. The summed E-state index contributed by atoms with van der Waals surface area (Å²) in [5.74, 6) is 6.50. The Labute approximate surface area is 104 Å². The summed E-state index contributed by atoms with van der Waals surface area (Å²) in [6.45, 7) is 4.07. The van der Waals surface area contributed by atoms with Crippen LogP contribution in [0.25, 0.3) is 5.95 Å². The minimum Gasteiger partial charge on any atom is -0.341 e. The highest BCUT2D eigenvalue weighted by atomic mass is 15.4. The van der Waals surface area contributed by atoms with Crippen molar-refractivity contribution in [3.8, 4) is 5.95 Å². The summed E-state index contributed by atoms with van der Waals surface area (Å²) in [6.07, 6.45) is 2.92. The van der Waals surface area contributed by atoms with Crippen molar-refractivity contribution in [2.45, 2.75) is 19.9 Å². The fraction of sp³-hybridized carbons (Fsp3) is 0.444. The Kier molecular flexibility index (Phi) is 3.33. The molecule has 0 saturated carbocycles. The van der Waals surface area contributed by atoms with E-state index in [-0.39, 0.29) is 12.0 Å². The quantitative estimate of drug-likeness (QED) is 0.555. The fourth-order valence-electron chi connectivity index (χ4n) is 1.22. The predicted octanol–water partition coefficient (Wildman–Crippen LogP) is -0.417. The van der Waals surface area contributed by atoms with Crippen molar-refractivity contribution in [1.82, 2.24) is 29.7 Å². The summed E-state index contributed by atoms with van der Waals surface area (Å²) in [6, 6.07) is 0.252. The van der Waals surface area contributed by atoms with Gasteiger partial charge in [0.15, 0.2) is 0 Å². The van der Waals surface area contributed by atoms with E-state index in [1.807, 2.05) is 25.8 Å². The molecule has 0 saturated heterocycles. The first-order valence-electron chi connectivity index (χ1n) is 5.42. The molecule has 0 atom stereocenters. The lowest BCUT2D eigenvalue weighted by Crippen LogP contribution is -2.29. The van der Waals surface area contributed by atoms with E-state index in [1.165, 1.54) is 17.3 Å². The molecule has 2 aromatic rings. The van der Waals surface area contributed by atoms with Crippen LogP contribution in [0.2, 0.25) is 0 Å². The van der Waals surface area contributed by atoms with Gasteiger partial charge in [-0.05, 0) is 13.8 Å². The second kappa shape index (κ2) is 4.92. The fourth-order valence-corrected chi connectivity index (χ4v) is 1.22. The van der Waals surface area contributed by atoms with E-state index in [0.717, 1.165) is 0 Å². The Balaban J connectivity index is 2.45. The normalized spacial score (nSPS) is 10.7. The lowest BCUT2D eigenvalue weighted by Gasteiger charge is -2.21. The second-order valence-electron chi connectivity index (χ2n) is 3.95. The van der Waals surface area contributed by atoms with Crippen LogP contribution in [0.1, 0.15) is 13.8 Å². The highest BCUT2D eigenvalue weighted by Crippen LogP contribution is 2.12. The number of nitrogens with one attached hydrogen (secondary N) is 1. The van der Waals surface area contributed by atoms with E-state index >= 15 is 0 Å². The van der Waals surface area contributed by atoms with Gasteiger partial charge in [0, 0.05) is 13.1 Å². The van der Waals surface area contributed by atoms with Crippen LogP contribution in [0.3, 0.4) is 0 Å². The van der Waals surface area contributed by atoms with Crippen molar-refractivity contribution in [3.63, 3.8) is 0 Å². The van der Waals surface area contributed by atoms with Gasteiger partial charge in [-0.2, -0.15) is 24.7 Å². The molecule has 2 rings (SSSR count). The van der Waals surface area contributed by atoms with Crippen LogP contribution in [0.4, 0.5) is 11.9 Å². The number of rotatable bonds is 4. The number of aromatic nitrogens is 6. The zero-order valence-electron chi connectivity index (χ0n) is 10.4. The molecule has 0 radical (unpaired) electrons. The van der Waals surface area contributed by atoms with Gasteiger partial charge >= 0.3 is 0 Å². The molecule has 18 heavy (non-hydrogen) atoms. The summed E-state index contributed by atoms with van der Waals surface area (Å²) in [5, 5.41) is 3.97. The summed E-state index contributed by atoms with van der Waals surface area (Å²) in [5.41, 5.74) is 2.41. The van der Waals surface area contributed by atoms with Crippen molar-refractivity contribution in [1.29, 1.82) is 0 Å². The third-order valence-electron chi connectivity index (χ3n) is 2.45. The van der Waals surface area contributed by atoms with Crippen LogP contribution in [-0.2, 0) is 0 Å². The number of nitrogens with two attached hydrogens (primary N) is 1. The maximum absolute atomic E-state index is 5.35. The molecule has 0 amide bonds. The van der Waals surface area contributed by atoms with Gasteiger partial charge in [0.1, 0.15) is 12.7 Å². The number of nitrogen functional groups attached to an aromatic ring is 1. The Morgan fingerprint density at radius 2 is 2.11 bits per heavy atom. The Hall–Kier alpha value is -2.29. The molecule has 0 bridgehead atoms. The van der Waals surface area contributed by atoms with Crippen LogP contribution in [0.5, 0.6) is 0 Å². The third-order valence-corrected chi connectivity index (χ3v) is 2.45. The minimum atomic E-state index is 0.252. The topological polar surface area (TPSA) is 111 Å². The van der Waals surface area contributed by atoms with E-state index in [9.17, 15) is 0 Å². The van der Waals surface area contributed by atoms with Crippen LogP contribution in [0, 0.1) is 0 Å². The molecule has 2 aromatic heterocycles. The van der Waals surface area contributed by atoms with Gasteiger partial charge in [-0.25, -0.2) is 10.8 Å². The summed E-state index contributed by atoms with van der Waals surface area (Å²) in [4.78, 5) is 18.4.